The molecule has 126 valence electrons. The number of morpholine rings is 1. The minimum atomic E-state index is -3.91. The first kappa shape index (κ1) is 17.7. The van der Waals surface area contributed by atoms with Gasteiger partial charge >= 0.3 is 5.97 Å². The highest BCUT2D eigenvalue weighted by Crippen LogP contribution is 2.26. The Bertz CT molecular complexity index is 685. The van der Waals surface area contributed by atoms with Crippen molar-refractivity contribution in [1.29, 1.82) is 0 Å². The lowest BCUT2D eigenvalue weighted by Crippen LogP contribution is -2.54. The molecule has 0 radical (unpaired) electrons. The highest BCUT2D eigenvalue weighted by atomic mass is 32.2. The van der Waals surface area contributed by atoms with Crippen molar-refractivity contribution in [3.05, 3.63) is 42.5 Å². The van der Waals surface area contributed by atoms with Crippen LogP contribution >= 0.6 is 0 Å². The Hall–Kier alpha value is -1.70. The molecule has 0 amide bonds. The minimum Gasteiger partial charge on any atom is -0.480 e. The van der Waals surface area contributed by atoms with Crippen LogP contribution in [-0.2, 0) is 26.0 Å². The number of ether oxygens (including phenoxy) is 1. The third-order valence-corrected chi connectivity index (χ3v) is 5.76. The van der Waals surface area contributed by atoms with Crippen LogP contribution in [0.25, 0.3) is 0 Å². The molecular formula is C16H21NO5S. The fourth-order valence-electron chi connectivity index (χ4n) is 2.58. The highest BCUT2D eigenvalue weighted by Gasteiger charge is 2.41. The molecule has 1 saturated heterocycles. The van der Waals surface area contributed by atoms with E-state index >= 15 is 0 Å². The average molecular weight is 339 g/mol. The van der Waals surface area contributed by atoms with Gasteiger partial charge in [0.2, 0.25) is 10.0 Å². The van der Waals surface area contributed by atoms with E-state index in [0.29, 0.717) is 18.4 Å². The maximum absolute atomic E-state index is 13.0. The molecule has 1 aromatic rings. The maximum atomic E-state index is 13.0. The van der Waals surface area contributed by atoms with Gasteiger partial charge in [0.05, 0.1) is 17.6 Å². The quantitative estimate of drug-likeness (QED) is 0.797. The van der Waals surface area contributed by atoms with Crippen LogP contribution < -0.4 is 0 Å². The van der Waals surface area contributed by atoms with Crippen molar-refractivity contribution in [1.82, 2.24) is 4.31 Å². The van der Waals surface area contributed by atoms with E-state index < -0.39 is 22.0 Å². The number of hydrogen-bond acceptors (Lipinski definition) is 4. The molecule has 1 aromatic carbocycles. The summed E-state index contributed by atoms with van der Waals surface area (Å²) in [5, 5.41) is 9.32. The molecule has 1 heterocycles. The number of benzene rings is 1. The van der Waals surface area contributed by atoms with E-state index in [1.165, 1.54) is 6.07 Å². The number of sulfonamides is 1. The summed E-state index contributed by atoms with van der Waals surface area (Å²) < 4.78 is 32.4. The zero-order valence-corrected chi connectivity index (χ0v) is 13.8. The van der Waals surface area contributed by atoms with E-state index in [1.807, 2.05) is 0 Å². The van der Waals surface area contributed by atoms with Crippen LogP contribution in [0.2, 0.25) is 0 Å². The number of nitrogens with zero attached hydrogens (tertiary/aromatic N) is 1. The van der Waals surface area contributed by atoms with E-state index in [9.17, 15) is 18.3 Å². The fourth-order valence-corrected chi connectivity index (χ4v) is 4.47. The Labute approximate surface area is 136 Å². The summed E-state index contributed by atoms with van der Waals surface area (Å²) in [5.41, 5.74) is 0.663. The lowest BCUT2D eigenvalue weighted by Gasteiger charge is -2.35. The van der Waals surface area contributed by atoms with Crippen molar-refractivity contribution in [2.45, 2.75) is 36.8 Å². The Morgan fingerprint density at radius 1 is 1.48 bits per heavy atom. The zero-order chi connectivity index (χ0) is 17.0. The first-order chi connectivity index (χ1) is 10.9. The summed E-state index contributed by atoms with van der Waals surface area (Å²) in [5.74, 6) is -1.20. The van der Waals surface area contributed by atoms with Gasteiger partial charge in [-0.25, -0.2) is 8.42 Å². The van der Waals surface area contributed by atoms with Crippen molar-refractivity contribution >= 4 is 16.0 Å². The SMILES string of the molecule is C=CCCc1ccccc1S(=O)(=O)N1C[C@H](C)OC[C@H]1C(=O)O. The fraction of sp³-hybridized carbons (Fsp3) is 0.438. The van der Waals surface area contributed by atoms with E-state index in [-0.39, 0.29) is 24.2 Å². The van der Waals surface area contributed by atoms with E-state index in [0.717, 1.165) is 4.31 Å². The molecule has 0 unspecified atom stereocenters. The Morgan fingerprint density at radius 2 is 2.17 bits per heavy atom. The molecule has 0 spiro atoms. The number of carboxylic acid groups (broad SMARTS) is 1. The van der Waals surface area contributed by atoms with Gasteiger partial charge in [-0.05, 0) is 31.4 Å². The van der Waals surface area contributed by atoms with E-state index in [1.54, 1.807) is 31.2 Å². The molecule has 2 rings (SSSR count). The molecule has 2 atom stereocenters. The number of hydrogen-bond donors (Lipinski definition) is 1. The second-order valence-electron chi connectivity index (χ2n) is 5.51. The molecule has 1 aliphatic heterocycles. The van der Waals surface area contributed by atoms with Gasteiger partial charge in [0.15, 0.2) is 0 Å². The Kier molecular flexibility index (Phi) is 5.56. The number of allylic oxidation sites excluding steroid dienone is 1. The average Bonchev–Trinajstić information content (AvgIpc) is 2.52. The van der Waals surface area contributed by atoms with Gasteiger partial charge in [-0.1, -0.05) is 24.3 Å². The van der Waals surface area contributed by atoms with Gasteiger partial charge in [0, 0.05) is 6.54 Å². The normalized spacial score (nSPS) is 22.7. The number of aryl methyl sites for hydroxylation is 1. The topological polar surface area (TPSA) is 83.9 Å². The van der Waals surface area contributed by atoms with Gasteiger partial charge in [-0.15, -0.1) is 6.58 Å². The molecular weight excluding hydrogens is 318 g/mol. The largest absolute Gasteiger partial charge is 0.480 e. The maximum Gasteiger partial charge on any atom is 0.324 e. The van der Waals surface area contributed by atoms with E-state index in [4.69, 9.17) is 4.74 Å². The van der Waals surface area contributed by atoms with Crippen LogP contribution in [0.15, 0.2) is 41.8 Å². The molecule has 23 heavy (non-hydrogen) atoms. The molecule has 0 aliphatic carbocycles. The lowest BCUT2D eigenvalue weighted by atomic mass is 10.1. The first-order valence-electron chi connectivity index (χ1n) is 7.43. The van der Waals surface area contributed by atoms with Crippen molar-refractivity contribution in [2.24, 2.45) is 0 Å². The summed E-state index contributed by atoms with van der Waals surface area (Å²) in [6.45, 7) is 5.25. The molecule has 0 bridgehead atoms. The second-order valence-corrected chi connectivity index (χ2v) is 7.37. The smallest absolute Gasteiger partial charge is 0.324 e. The third kappa shape index (κ3) is 3.80. The second kappa shape index (κ2) is 7.25. The summed E-state index contributed by atoms with van der Waals surface area (Å²) >= 11 is 0. The molecule has 1 aliphatic rings. The predicted octanol–water partition coefficient (Wildman–Crippen LogP) is 1.67. The monoisotopic (exact) mass is 339 g/mol. The minimum absolute atomic E-state index is 0.0229. The van der Waals surface area contributed by atoms with Crippen LogP contribution in [0.5, 0.6) is 0 Å². The molecule has 0 saturated carbocycles. The third-order valence-electron chi connectivity index (χ3n) is 3.79. The summed E-state index contributed by atoms with van der Waals surface area (Å²) in [6, 6.07) is 5.48. The first-order valence-corrected chi connectivity index (χ1v) is 8.87. The van der Waals surface area contributed by atoms with Crippen LogP contribution in [0, 0.1) is 0 Å². The van der Waals surface area contributed by atoms with Crippen LogP contribution in [0.4, 0.5) is 0 Å². The van der Waals surface area contributed by atoms with Crippen LogP contribution in [0.3, 0.4) is 0 Å². The molecule has 1 N–H and O–H groups in total. The van der Waals surface area contributed by atoms with E-state index in [2.05, 4.69) is 6.58 Å². The molecule has 6 nitrogen and oxygen atoms in total. The van der Waals surface area contributed by atoms with Gasteiger partial charge in [0.1, 0.15) is 6.04 Å². The Morgan fingerprint density at radius 3 is 2.83 bits per heavy atom. The van der Waals surface area contributed by atoms with Gasteiger partial charge in [-0.3, -0.25) is 4.79 Å². The van der Waals surface area contributed by atoms with Gasteiger partial charge in [0.25, 0.3) is 0 Å². The Balaban J connectivity index is 2.43. The van der Waals surface area contributed by atoms with Gasteiger partial charge in [-0.2, -0.15) is 4.31 Å². The summed E-state index contributed by atoms with van der Waals surface area (Å²) in [4.78, 5) is 11.6. The van der Waals surface area contributed by atoms with Crippen molar-refractivity contribution in [3.8, 4) is 0 Å². The number of rotatable bonds is 6. The van der Waals surface area contributed by atoms with Gasteiger partial charge < -0.3 is 9.84 Å². The van der Waals surface area contributed by atoms with Crippen molar-refractivity contribution in [3.63, 3.8) is 0 Å². The zero-order valence-electron chi connectivity index (χ0n) is 13.0. The standard InChI is InChI=1S/C16H21NO5S/c1-3-4-7-13-8-5-6-9-15(13)23(20,21)17-10-12(2)22-11-14(17)16(18)19/h3,5-6,8-9,12,14H,1,4,7,10-11H2,2H3,(H,18,19)/t12-,14-/m0/s1. The number of carboxylic acids is 1. The van der Waals surface area contributed by atoms with Crippen LogP contribution in [-0.4, -0.2) is 49.1 Å². The van der Waals surface area contributed by atoms with Crippen LogP contribution in [0.1, 0.15) is 18.9 Å². The number of carbonyl (C=O) groups is 1. The molecule has 1 fully saturated rings. The molecule has 7 heteroatoms. The summed E-state index contributed by atoms with van der Waals surface area (Å²) in [6.07, 6.45) is 2.56. The number of aliphatic carboxylic acids is 1. The predicted molar refractivity (Wildman–Crippen MR) is 85.7 cm³/mol. The van der Waals surface area contributed by atoms with Crippen molar-refractivity contribution in [2.75, 3.05) is 13.2 Å². The van der Waals surface area contributed by atoms with Crippen molar-refractivity contribution < 1.29 is 23.1 Å². The lowest BCUT2D eigenvalue weighted by molar-refractivity contribution is -0.148. The highest BCUT2D eigenvalue weighted by molar-refractivity contribution is 7.89. The summed E-state index contributed by atoms with van der Waals surface area (Å²) in [7, 11) is -3.91. The molecule has 0 aromatic heterocycles.